The van der Waals surface area contributed by atoms with E-state index in [0.717, 1.165) is 19.6 Å². The molecule has 1 aromatic carbocycles. The van der Waals surface area contributed by atoms with Gasteiger partial charge in [-0.05, 0) is 75.2 Å². The second-order valence-electron chi connectivity index (χ2n) is 8.63. The molecule has 0 aromatic heterocycles. The van der Waals surface area contributed by atoms with E-state index in [0.29, 0.717) is 30.8 Å². The van der Waals surface area contributed by atoms with Crippen LogP contribution < -0.4 is 10.6 Å². The van der Waals surface area contributed by atoms with Gasteiger partial charge in [-0.1, -0.05) is 37.6 Å². The van der Waals surface area contributed by atoms with E-state index in [1.165, 1.54) is 49.8 Å². The summed E-state index contributed by atoms with van der Waals surface area (Å²) < 4.78 is 0. The van der Waals surface area contributed by atoms with Crippen molar-refractivity contribution in [3.05, 3.63) is 35.4 Å². The number of nitrogens with one attached hydrogen (secondary N) is 2. The lowest BCUT2D eigenvalue weighted by Crippen LogP contribution is -2.37. The molecule has 2 fully saturated rings. The average molecular weight is 372 g/mol. The van der Waals surface area contributed by atoms with Gasteiger partial charge in [0.05, 0.1) is 0 Å². The van der Waals surface area contributed by atoms with E-state index in [2.05, 4.69) is 53.6 Å². The van der Waals surface area contributed by atoms with Crippen LogP contribution in [0, 0.1) is 11.8 Å². The molecule has 4 heteroatoms. The molecule has 2 atom stereocenters. The van der Waals surface area contributed by atoms with Crippen molar-refractivity contribution < 1.29 is 4.79 Å². The second kappa shape index (κ2) is 10.2. The predicted molar refractivity (Wildman–Crippen MR) is 111 cm³/mol. The molecule has 4 nitrogen and oxygen atoms in total. The van der Waals surface area contributed by atoms with Crippen LogP contribution in [0.25, 0.3) is 0 Å². The molecule has 1 aromatic rings. The number of likely N-dealkylation sites (tertiary alicyclic amines) is 1. The molecule has 2 unspecified atom stereocenters. The largest absolute Gasteiger partial charge is 0.352 e. The molecule has 0 aliphatic carbocycles. The first-order chi connectivity index (χ1) is 13.1. The maximum absolute atomic E-state index is 12.5. The van der Waals surface area contributed by atoms with Crippen molar-refractivity contribution in [3.63, 3.8) is 0 Å². The van der Waals surface area contributed by atoms with Gasteiger partial charge in [0.1, 0.15) is 0 Å². The summed E-state index contributed by atoms with van der Waals surface area (Å²) in [6, 6.07) is 9.25. The highest BCUT2D eigenvalue weighted by atomic mass is 16.1. The predicted octanol–water partition coefficient (Wildman–Crippen LogP) is 3.70. The number of nitrogens with zero attached hydrogens (tertiary/aromatic N) is 1. The maximum atomic E-state index is 12.5. The van der Waals surface area contributed by atoms with Crippen molar-refractivity contribution in [1.82, 2.24) is 15.5 Å². The molecule has 0 spiro atoms. The number of amides is 1. The Balaban J connectivity index is 1.50. The van der Waals surface area contributed by atoms with Gasteiger partial charge in [0.15, 0.2) is 0 Å². The summed E-state index contributed by atoms with van der Waals surface area (Å²) in [4.78, 5) is 15.1. The molecule has 150 valence electrons. The van der Waals surface area contributed by atoms with Crippen LogP contribution in [0.15, 0.2) is 24.3 Å². The van der Waals surface area contributed by atoms with Crippen molar-refractivity contribution in [3.8, 4) is 0 Å². The standard InChI is InChI=1S/C23H37N3O/c1-18(20-10-12-24-13-11-20)15-23(27)25-16-21-8-3-4-9-22(21)17-26-14-6-5-7-19(26)2/h3-4,8-9,18-20,24H,5-7,10-17H2,1-2H3,(H,25,27). The Hall–Kier alpha value is -1.39. The van der Waals surface area contributed by atoms with E-state index in [1.54, 1.807) is 0 Å². The molecule has 2 aliphatic heterocycles. The number of piperidine rings is 2. The molecule has 3 rings (SSSR count). The lowest BCUT2D eigenvalue weighted by Gasteiger charge is -2.33. The fraction of sp³-hybridized carbons (Fsp3) is 0.696. The number of hydrogen-bond donors (Lipinski definition) is 2. The number of hydrogen-bond acceptors (Lipinski definition) is 3. The van der Waals surface area contributed by atoms with Crippen LogP contribution >= 0.6 is 0 Å². The van der Waals surface area contributed by atoms with Crippen LogP contribution in [0.2, 0.25) is 0 Å². The van der Waals surface area contributed by atoms with Crippen molar-refractivity contribution in [2.75, 3.05) is 19.6 Å². The van der Waals surface area contributed by atoms with Gasteiger partial charge in [0.25, 0.3) is 0 Å². The molecule has 0 radical (unpaired) electrons. The lowest BCUT2D eigenvalue weighted by atomic mass is 9.84. The molecule has 2 saturated heterocycles. The van der Waals surface area contributed by atoms with E-state index in [-0.39, 0.29) is 5.91 Å². The molecule has 1 amide bonds. The zero-order valence-corrected chi connectivity index (χ0v) is 17.2. The van der Waals surface area contributed by atoms with Gasteiger partial charge in [-0.3, -0.25) is 9.69 Å². The fourth-order valence-corrected chi connectivity index (χ4v) is 4.63. The van der Waals surface area contributed by atoms with E-state index in [4.69, 9.17) is 0 Å². The van der Waals surface area contributed by atoms with E-state index >= 15 is 0 Å². The summed E-state index contributed by atoms with van der Waals surface area (Å²) in [5, 5.41) is 6.59. The van der Waals surface area contributed by atoms with Gasteiger partial charge in [0, 0.05) is 25.6 Å². The highest BCUT2D eigenvalue weighted by Crippen LogP contribution is 2.24. The highest BCUT2D eigenvalue weighted by Gasteiger charge is 2.22. The number of carbonyl (C=O) groups is 1. The van der Waals surface area contributed by atoms with Gasteiger partial charge in [-0.2, -0.15) is 0 Å². The molecule has 2 aliphatic rings. The van der Waals surface area contributed by atoms with Gasteiger partial charge < -0.3 is 10.6 Å². The molecular formula is C23H37N3O. The van der Waals surface area contributed by atoms with Crippen molar-refractivity contribution in [2.24, 2.45) is 11.8 Å². The van der Waals surface area contributed by atoms with Crippen LogP contribution in [-0.4, -0.2) is 36.5 Å². The minimum atomic E-state index is 0.196. The minimum Gasteiger partial charge on any atom is -0.352 e. The summed E-state index contributed by atoms with van der Waals surface area (Å²) in [5.74, 6) is 1.35. The first-order valence-corrected chi connectivity index (χ1v) is 10.9. The average Bonchev–Trinajstić information content (AvgIpc) is 2.69. The Morgan fingerprint density at radius 2 is 1.93 bits per heavy atom. The normalized spacial score (nSPS) is 23.1. The van der Waals surface area contributed by atoms with Crippen molar-refractivity contribution in [2.45, 2.75) is 71.5 Å². The van der Waals surface area contributed by atoms with Crippen molar-refractivity contribution in [1.29, 1.82) is 0 Å². The van der Waals surface area contributed by atoms with Gasteiger partial charge in [-0.25, -0.2) is 0 Å². The SMILES string of the molecule is CC(CC(=O)NCc1ccccc1CN1CCCCC1C)C1CCNCC1. The summed E-state index contributed by atoms with van der Waals surface area (Å²) >= 11 is 0. The smallest absolute Gasteiger partial charge is 0.220 e. The molecule has 2 heterocycles. The third-order valence-electron chi connectivity index (χ3n) is 6.60. The van der Waals surface area contributed by atoms with Crippen LogP contribution in [0.3, 0.4) is 0 Å². The monoisotopic (exact) mass is 371 g/mol. The van der Waals surface area contributed by atoms with E-state index in [1.807, 2.05) is 0 Å². The second-order valence-corrected chi connectivity index (χ2v) is 8.63. The first kappa shape index (κ1) is 20.3. The molecule has 2 N–H and O–H groups in total. The van der Waals surface area contributed by atoms with Crippen LogP contribution in [0.5, 0.6) is 0 Å². The summed E-state index contributed by atoms with van der Waals surface area (Å²) in [6.07, 6.45) is 7.00. The zero-order chi connectivity index (χ0) is 19.1. The fourth-order valence-electron chi connectivity index (χ4n) is 4.63. The molecular weight excluding hydrogens is 334 g/mol. The Labute approximate surface area is 165 Å². The first-order valence-electron chi connectivity index (χ1n) is 10.9. The summed E-state index contributed by atoms with van der Waals surface area (Å²) in [6.45, 7) is 9.61. The van der Waals surface area contributed by atoms with E-state index in [9.17, 15) is 4.79 Å². The molecule has 27 heavy (non-hydrogen) atoms. The Bertz CT molecular complexity index is 597. The summed E-state index contributed by atoms with van der Waals surface area (Å²) in [7, 11) is 0. The van der Waals surface area contributed by atoms with Gasteiger partial charge >= 0.3 is 0 Å². The van der Waals surface area contributed by atoms with Gasteiger partial charge in [0.2, 0.25) is 5.91 Å². The van der Waals surface area contributed by atoms with E-state index < -0.39 is 0 Å². The third kappa shape index (κ3) is 6.05. The van der Waals surface area contributed by atoms with Gasteiger partial charge in [-0.15, -0.1) is 0 Å². The quantitative estimate of drug-likeness (QED) is 0.768. The highest BCUT2D eigenvalue weighted by molar-refractivity contribution is 5.76. The Kier molecular flexibility index (Phi) is 7.71. The number of carbonyl (C=O) groups excluding carboxylic acids is 1. The Morgan fingerprint density at radius 1 is 1.19 bits per heavy atom. The minimum absolute atomic E-state index is 0.196. The maximum Gasteiger partial charge on any atom is 0.220 e. The third-order valence-corrected chi connectivity index (χ3v) is 6.60. The van der Waals surface area contributed by atoms with Crippen LogP contribution in [-0.2, 0) is 17.9 Å². The topological polar surface area (TPSA) is 44.4 Å². The van der Waals surface area contributed by atoms with Crippen molar-refractivity contribution >= 4 is 5.91 Å². The zero-order valence-electron chi connectivity index (χ0n) is 17.2. The van der Waals surface area contributed by atoms with Crippen LogP contribution in [0.4, 0.5) is 0 Å². The molecule has 0 saturated carbocycles. The molecule has 0 bridgehead atoms. The summed E-state index contributed by atoms with van der Waals surface area (Å²) in [5.41, 5.74) is 2.62. The number of benzene rings is 1. The van der Waals surface area contributed by atoms with Crippen LogP contribution in [0.1, 0.15) is 63.5 Å². The Morgan fingerprint density at radius 3 is 2.67 bits per heavy atom. The number of rotatable bonds is 7. The lowest BCUT2D eigenvalue weighted by molar-refractivity contribution is -0.122.